The quantitative estimate of drug-likeness (QED) is 0.297. The molecule has 0 radical (unpaired) electrons. The first-order chi connectivity index (χ1) is 19.7. The predicted octanol–water partition coefficient (Wildman–Crippen LogP) is 3.81. The van der Waals surface area contributed by atoms with Crippen molar-refractivity contribution in [1.82, 2.24) is 19.9 Å². The number of nitrogen functional groups attached to an aromatic ring is 1. The number of hydrogen-bond donors (Lipinski definition) is 2. The molecule has 2 aromatic heterocycles. The highest BCUT2D eigenvalue weighted by atomic mass is 32.2. The fraction of sp³-hybridized carbons (Fsp3) is 0.333. The lowest BCUT2D eigenvalue weighted by molar-refractivity contribution is 0.0987. The summed E-state index contributed by atoms with van der Waals surface area (Å²) in [6, 6.07) is 7.72. The molecule has 2 aromatic carbocycles. The Bertz CT molecular complexity index is 1670. The number of methoxy groups -OCH3 is 1. The molecule has 1 aliphatic rings. The Morgan fingerprint density at radius 1 is 1.22 bits per heavy atom. The fourth-order valence-corrected chi connectivity index (χ4v) is 5.71. The molecule has 1 fully saturated rings. The first-order valence-electron chi connectivity index (χ1n) is 12.9. The van der Waals surface area contributed by atoms with Crippen molar-refractivity contribution in [1.29, 1.82) is 0 Å². The van der Waals surface area contributed by atoms with E-state index in [2.05, 4.69) is 19.6 Å². The van der Waals surface area contributed by atoms with Crippen LogP contribution in [0.3, 0.4) is 0 Å². The highest BCUT2D eigenvalue weighted by Crippen LogP contribution is 2.39. The van der Waals surface area contributed by atoms with Gasteiger partial charge < -0.3 is 20.1 Å². The van der Waals surface area contributed by atoms with Crippen LogP contribution in [0.1, 0.15) is 13.3 Å². The summed E-state index contributed by atoms with van der Waals surface area (Å²) < 4.78 is 66.5. The van der Waals surface area contributed by atoms with E-state index in [4.69, 9.17) is 25.2 Å². The predicted molar refractivity (Wildman–Crippen MR) is 153 cm³/mol. The zero-order valence-corrected chi connectivity index (χ0v) is 23.3. The number of rotatable bonds is 9. The van der Waals surface area contributed by atoms with Gasteiger partial charge in [0.15, 0.2) is 11.6 Å². The Morgan fingerprint density at radius 3 is 2.76 bits per heavy atom. The Morgan fingerprint density at radius 2 is 2.05 bits per heavy atom. The number of aromatic nitrogens is 4. The largest absolute Gasteiger partial charge is 0.494 e. The lowest BCUT2D eigenvalue weighted by Gasteiger charge is -2.35. The van der Waals surface area contributed by atoms with Crippen LogP contribution in [0.4, 0.5) is 26.1 Å². The number of alkyl halides is 1. The summed E-state index contributed by atoms with van der Waals surface area (Å²) in [6.45, 7) is 2.74. The number of sulfonamides is 1. The summed E-state index contributed by atoms with van der Waals surface area (Å²) in [5, 5.41) is 0.591. The number of nitrogens with zero attached hydrogens (tertiary/aromatic N) is 5. The molecule has 4 aromatic rings. The van der Waals surface area contributed by atoms with Crippen LogP contribution in [0.15, 0.2) is 42.7 Å². The van der Waals surface area contributed by atoms with Gasteiger partial charge in [-0.25, -0.2) is 32.7 Å². The molecule has 14 heteroatoms. The third-order valence-corrected chi connectivity index (χ3v) is 7.98. The molecule has 1 aliphatic heterocycles. The fourth-order valence-electron chi connectivity index (χ4n) is 4.62. The highest BCUT2D eigenvalue weighted by Gasteiger charge is 2.26. The van der Waals surface area contributed by atoms with Crippen LogP contribution in [0, 0.1) is 5.82 Å². The maximum atomic E-state index is 15.8. The van der Waals surface area contributed by atoms with Crippen LogP contribution >= 0.6 is 0 Å². The van der Waals surface area contributed by atoms with Crippen molar-refractivity contribution in [2.45, 2.75) is 19.4 Å². The number of halogens is 2. The molecule has 0 bridgehead atoms. The number of hydrogen-bond acceptors (Lipinski definition) is 10. The molecule has 1 atom stereocenters. The zero-order valence-electron chi connectivity index (χ0n) is 22.5. The Hall–Kier alpha value is -4.17. The smallest absolute Gasteiger partial charge is 0.232 e. The van der Waals surface area contributed by atoms with Gasteiger partial charge in [0.1, 0.15) is 28.6 Å². The molecule has 0 spiro atoms. The summed E-state index contributed by atoms with van der Waals surface area (Å²) in [7, 11) is -2.46. The molecule has 0 amide bonds. The van der Waals surface area contributed by atoms with Gasteiger partial charge in [0.25, 0.3) is 0 Å². The first kappa shape index (κ1) is 28.4. The molecule has 41 heavy (non-hydrogen) atoms. The summed E-state index contributed by atoms with van der Waals surface area (Å²) >= 11 is 0. The van der Waals surface area contributed by atoms with Crippen LogP contribution in [0.5, 0.6) is 5.75 Å². The van der Waals surface area contributed by atoms with E-state index >= 15 is 4.39 Å². The van der Waals surface area contributed by atoms with Crippen molar-refractivity contribution in [3.8, 4) is 28.4 Å². The highest BCUT2D eigenvalue weighted by molar-refractivity contribution is 7.92. The van der Waals surface area contributed by atoms with Crippen LogP contribution in [0.2, 0.25) is 0 Å². The van der Waals surface area contributed by atoms with Crippen LogP contribution < -0.4 is 20.1 Å². The van der Waals surface area contributed by atoms with Crippen molar-refractivity contribution in [2.75, 3.05) is 54.7 Å². The van der Waals surface area contributed by atoms with Gasteiger partial charge >= 0.3 is 0 Å². The summed E-state index contributed by atoms with van der Waals surface area (Å²) in [6.07, 6.45) is 2.71. The minimum atomic E-state index is -3.94. The molecule has 1 unspecified atom stereocenters. The topological polar surface area (TPSA) is 145 Å². The maximum absolute atomic E-state index is 15.8. The zero-order chi connectivity index (χ0) is 29.1. The molecule has 0 saturated carbocycles. The number of ether oxygens (including phenoxy) is 2. The minimum absolute atomic E-state index is 0.0272. The van der Waals surface area contributed by atoms with E-state index in [9.17, 15) is 12.8 Å². The van der Waals surface area contributed by atoms with E-state index in [-0.39, 0.29) is 29.5 Å². The number of morpholine rings is 1. The average Bonchev–Trinajstić information content (AvgIpc) is 2.97. The lowest BCUT2D eigenvalue weighted by Crippen LogP contribution is -2.44. The van der Waals surface area contributed by atoms with Gasteiger partial charge in [0, 0.05) is 17.5 Å². The third kappa shape index (κ3) is 5.98. The number of nitrogens with two attached hydrogens (primary N) is 1. The van der Waals surface area contributed by atoms with E-state index in [0.717, 1.165) is 0 Å². The number of nitrogens with one attached hydrogen (secondary N) is 1. The van der Waals surface area contributed by atoms with Crippen LogP contribution in [0.25, 0.3) is 33.5 Å². The van der Waals surface area contributed by atoms with Gasteiger partial charge in [0.05, 0.1) is 56.9 Å². The second kappa shape index (κ2) is 11.7. The van der Waals surface area contributed by atoms with E-state index in [1.54, 1.807) is 12.1 Å². The number of benzene rings is 2. The van der Waals surface area contributed by atoms with Gasteiger partial charge in [-0.2, -0.15) is 0 Å². The summed E-state index contributed by atoms with van der Waals surface area (Å²) in [5.74, 6) is 0.237. The third-order valence-electron chi connectivity index (χ3n) is 6.63. The number of anilines is 3. The molecular formula is C27H29F2N7O4S. The monoisotopic (exact) mass is 585 g/mol. The first-order valence-corrected chi connectivity index (χ1v) is 14.5. The van der Waals surface area contributed by atoms with Gasteiger partial charge in [-0.3, -0.25) is 9.11 Å². The standard InChI is InChI=1S/C27H29F2N7O4S/c1-16-15-40-9-8-36(16)27-19-11-17(18-5-3-6-20(24(18)29)35-41(37,38)10-4-7-28)12-22(39-2)25(19)33-26(34-27)21-13-32-23(30)14-31-21/h3,5-6,11-14,16,35H,4,7-10,15H2,1-2H3,(H2,30,32). The van der Waals surface area contributed by atoms with Crippen molar-refractivity contribution >= 4 is 38.2 Å². The lowest BCUT2D eigenvalue weighted by atomic mass is 10.0. The van der Waals surface area contributed by atoms with Crippen molar-refractivity contribution in [2.24, 2.45) is 0 Å². The van der Waals surface area contributed by atoms with E-state index < -0.39 is 28.3 Å². The van der Waals surface area contributed by atoms with Crippen LogP contribution in [-0.2, 0) is 14.8 Å². The van der Waals surface area contributed by atoms with Gasteiger partial charge in [0.2, 0.25) is 10.0 Å². The molecule has 5 rings (SSSR count). The van der Waals surface area contributed by atoms with Gasteiger partial charge in [-0.05, 0) is 37.1 Å². The van der Waals surface area contributed by atoms with Crippen molar-refractivity contribution in [3.05, 3.63) is 48.5 Å². The molecule has 1 saturated heterocycles. The number of fused-ring (bicyclic) bond motifs is 1. The second-order valence-corrected chi connectivity index (χ2v) is 11.4. The van der Waals surface area contributed by atoms with E-state index in [1.807, 2.05) is 6.92 Å². The molecule has 3 heterocycles. The van der Waals surface area contributed by atoms with E-state index in [0.29, 0.717) is 59.3 Å². The maximum Gasteiger partial charge on any atom is 0.232 e. The van der Waals surface area contributed by atoms with Gasteiger partial charge in [-0.1, -0.05) is 12.1 Å². The Labute approximate surface area is 235 Å². The average molecular weight is 586 g/mol. The summed E-state index contributed by atoms with van der Waals surface area (Å²) in [5.41, 5.74) is 6.90. The summed E-state index contributed by atoms with van der Waals surface area (Å²) in [4.78, 5) is 20.1. The second-order valence-electron chi connectivity index (χ2n) is 9.52. The molecular weight excluding hydrogens is 556 g/mol. The van der Waals surface area contributed by atoms with Crippen molar-refractivity contribution in [3.63, 3.8) is 0 Å². The Kier molecular flexibility index (Phi) is 8.13. The Balaban J connectivity index is 1.68. The van der Waals surface area contributed by atoms with E-state index in [1.165, 1.54) is 37.7 Å². The molecule has 3 N–H and O–H groups in total. The molecule has 216 valence electrons. The normalized spacial score (nSPS) is 15.7. The SMILES string of the molecule is COc1cc(-c2cccc(NS(=O)(=O)CCCF)c2F)cc2c(N3CCOCC3C)nc(-c3cnc(N)cn3)nc12. The van der Waals surface area contributed by atoms with Crippen molar-refractivity contribution < 1.29 is 26.7 Å². The van der Waals surface area contributed by atoms with Crippen LogP contribution in [-0.4, -0.2) is 73.7 Å². The molecule has 0 aliphatic carbocycles. The molecule has 11 nitrogen and oxygen atoms in total. The van der Waals surface area contributed by atoms with Gasteiger partial charge in [-0.15, -0.1) is 0 Å². The minimum Gasteiger partial charge on any atom is -0.494 e.